The van der Waals surface area contributed by atoms with Gasteiger partial charge in [-0.3, -0.25) is 4.68 Å². The minimum Gasteiger partial charge on any atom is -0.347 e. The molecule has 3 aromatic rings. The van der Waals surface area contributed by atoms with E-state index in [2.05, 4.69) is 52.6 Å². The molecule has 0 bridgehead atoms. The third kappa shape index (κ3) is 4.29. The number of benzene rings is 1. The van der Waals surface area contributed by atoms with Gasteiger partial charge < -0.3 is 4.57 Å². The SMILES string of the molecule is CC(C)Cn1cc(CCNS(=O)(=O)N(C)C)c2ccc(-c3ccnn3C)cc21. The smallest absolute Gasteiger partial charge is 0.278 e. The second kappa shape index (κ2) is 8.06. The zero-order valence-corrected chi connectivity index (χ0v) is 18.0. The van der Waals surface area contributed by atoms with E-state index in [-0.39, 0.29) is 0 Å². The summed E-state index contributed by atoms with van der Waals surface area (Å²) in [5.41, 5.74) is 4.50. The van der Waals surface area contributed by atoms with Gasteiger partial charge in [0.05, 0.1) is 5.69 Å². The summed E-state index contributed by atoms with van der Waals surface area (Å²) >= 11 is 0. The highest BCUT2D eigenvalue weighted by Gasteiger charge is 2.15. The van der Waals surface area contributed by atoms with Crippen LogP contribution >= 0.6 is 0 Å². The molecule has 0 aliphatic rings. The Morgan fingerprint density at radius 1 is 1.21 bits per heavy atom. The lowest BCUT2D eigenvalue weighted by Crippen LogP contribution is -2.36. The van der Waals surface area contributed by atoms with Crippen molar-refractivity contribution in [1.29, 1.82) is 0 Å². The number of rotatable bonds is 8. The third-order valence-electron chi connectivity index (χ3n) is 4.80. The van der Waals surface area contributed by atoms with Gasteiger partial charge in [-0.2, -0.15) is 17.8 Å². The van der Waals surface area contributed by atoms with E-state index in [1.807, 2.05) is 17.8 Å². The van der Waals surface area contributed by atoms with Gasteiger partial charge in [0.25, 0.3) is 10.2 Å². The zero-order valence-electron chi connectivity index (χ0n) is 17.2. The lowest BCUT2D eigenvalue weighted by Gasteiger charge is -2.11. The van der Waals surface area contributed by atoms with Gasteiger partial charge in [0.15, 0.2) is 0 Å². The molecule has 0 radical (unpaired) electrons. The Morgan fingerprint density at radius 3 is 2.57 bits per heavy atom. The van der Waals surface area contributed by atoms with Crippen molar-refractivity contribution in [3.63, 3.8) is 0 Å². The van der Waals surface area contributed by atoms with Crippen LogP contribution in [0.15, 0.2) is 36.7 Å². The van der Waals surface area contributed by atoms with Crippen LogP contribution in [-0.4, -0.2) is 47.7 Å². The molecule has 7 nitrogen and oxygen atoms in total. The fourth-order valence-electron chi connectivity index (χ4n) is 3.37. The first-order valence-corrected chi connectivity index (χ1v) is 10.9. The molecule has 0 fully saturated rings. The molecule has 2 heterocycles. The van der Waals surface area contributed by atoms with E-state index in [9.17, 15) is 8.42 Å². The van der Waals surface area contributed by atoms with Crippen LogP contribution in [-0.2, 0) is 30.2 Å². The Kier molecular flexibility index (Phi) is 5.92. The quantitative estimate of drug-likeness (QED) is 0.628. The monoisotopic (exact) mass is 403 g/mol. The standard InChI is InChI=1S/C20H29N5O2S/c1-15(2)13-25-14-17(8-11-22-28(26,27)23(3)4)18-7-6-16(12-20(18)25)19-9-10-21-24(19)5/h6-7,9-10,12,14-15,22H,8,11,13H2,1-5H3. The first-order chi connectivity index (χ1) is 13.2. The van der Waals surface area contributed by atoms with Crippen LogP contribution in [0.2, 0.25) is 0 Å². The maximum Gasteiger partial charge on any atom is 0.278 e. The summed E-state index contributed by atoms with van der Waals surface area (Å²) in [4.78, 5) is 0. The summed E-state index contributed by atoms with van der Waals surface area (Å²) < 4.78 is 31.9. The van der Waals surface area contributed by atoms with Crippen molar-refractivity contribution < 1.29 is 8.42 Å². The maximum absolute atomic E-state index is 11.9. The zero-order chi connectivity index (χ0) is 20.5. The van der Waals surface area contributed by atoms with Crippen molar-refractivity contribution in [3.8, 4) is 11.3 Å². The van der Waals surface area contributed by atoms with Gasteiger partial charge in [-0.05, 0) is 30.0 Å². The van der Waals surface area contributed by atoms with Gasteiger partial charge in [0.2, 0.25) is 0 Å². The summed E-state index contributed by atoms with van der Waals surface area (Å²) in [5.74, 6) is 0.510. The summed E-state index contributed by atoms with van der Waals surface area (Å²) in [6, 6.07) is 8.44. The molecule has 1 aromatic carbocycles. The van der Waals surface area contributed by atoms with Gasteiger partial charge in [-0.25, -0.2) is 4.72 Å². The van der Waals surface area contributed by atoms with Crippen LogP contribution in [0.3, 0.4) is 0 Å². The van der Waals surface area contributed by atoms with Crippen LogP contribution in [0, 0.1) is 5.92 Å². The first-order valence-electron chi connectivity index (χ1n) is 9.46. The summed E-state index contributed by atoms with van der Waals surface area (Å²) in [6.45, 7) is 5.67. The first kappa shape index (κ1) is 20.6. The molecule has 3 rings (SSSR count). The fraction of sp³-hybridized carbons (Fsp3) is 0.450. The second-order valence-electron chi connectivity index (χ2n) is 7.70. The van der Waals surface area contributed by atoms with Gasteiger partial charge in [-0.15, -0.1) is 0 Å². The molecular weight excluding hydrogens is 374 g/mol. The molecule has 0 unspecified atom stereocenters. The third-order valence-corrected chi connectivity index (χ3v) is 6.33. The summed E-state index contributed by atoms with van der Waals surface area (Å²) in [7, 11) is 1.58. The number of hydrogen-bond acceptors (Lipinski definition) is 3. The van der Waals surface area contributed by atoms with E-state index >= 15 is 0 Å². The number of fused-ring (bicyclic) bond motifs is 1. The molecule has 28 heavy (non-hydrogen) atoms. The lowest BCUT2D eigenvalue weighted by atomic mass is 10.1. The molecule has 0 atom stereocenters. The average Bonchev–Trinajstić information content (AvgIpc) is 3.18. The number of nitrogens with one attached hydrogen (secondary N) is 1. The molecule has 0 saturated heterocycles. The van der Waals surface area contributed by atoms with Crippen LogP contribution < -0.4 is 4.72 Å². The van der Waals surface area contributed by atoms with Gasteiger partial charge >= 0.3 is 0 Å². The summed E-state index contributed by atoms with van der Waals surface area (Å²) in [6.07, 6.45) is 4.59. The lowest BCUT2D eigenvalue weighted by molar-refractivity contribution is 0.506. The molecule has 0 saturated carbocycles. The highest BCUT2D eigenvalue weighted by Crippen LogP contribution is 2.28. The molecule has 2 aromatic heterocycles. The molecule has 152 valence electrons. The van der Waals surface area contributed by atoms with Gasteiger partial charge in [-0.1, -0.05) is 26.0 Å². The highest BCUT2D eigenvalue weighted by molar-refractivity contribution is 7.87. The van der Waals surface area contributed by atoms with Gasteiger partial charge in [0.1, 0.15) is 0 Å². The van der Waals surface area contributed by atoms with Crippen LogP contribution in [0.5, 0.6) is 0 Å². The number of aromatic nitrogens is 3. The maximum atomic E-state index is 11.9. The summed E-state index contributed by atoms with van der Waals surface area (Å²) in [5, 5.41) is 5.43. The molecule has 1 N–H and O–H groups in total. The van der Waals surface area contributed by atoms with Crippen molar-refractivity contribution in [2.75, 3.05) is 20.6 Å². The van der Waals surface area contributed by atoms with Crippen molar-refractivity contribution in [2.24, 2.45) is 13.0 Å². The molecule has 0 aliphatic carbocycles. The minimum atomic E-state index is -3.41. The molecule has 8 heteroatoms. The predicted molar refractivity (Wildman–Crippen MR) is 113 cm³/mol. The van der Waals surface area contributed by atoms with Crippen molar-refractivity contribution >= 4 is 21.1 Å². The predicted octanol–water partition coefficient (Wildman–Crippen LogP) is 2.64. The van der Waals surface area contributed by atoms with Crippen molar-refractivity contribution in [2.45, 2.75) is 26.8 Å². The normalized spacial score (nSPS) is 12.5. The van der Waals surface area contributed by atoms with E-state index < -0.39 is 10.2 Å². The Morgan fingerprint density at radius 2 is 1.96 bits per heavy atom. The van der Waals surface area contributed by atoms with Crippen LogP contribution in [0.4, 0.5) is 0 Å². The van der Waals surface area contributed by atoms with E-state index in [1.165, 1.54) is 18.4 Å². The molecular formula is C20H29N5O2S. The van der Waals surface area contributed by atoms with Gasteiger partial charge in [0, 0.05) is 63.1 Å². The van der Waals surface area contributed by atoms with Crippen molar-refractivity contribution in [3.05, 3.63) is 42.2 Å². The number of nitrogens with zero attached hydrogens (tertiary/aromatic N) is 4. The Hall–Kier alpha value is -2.16. The van der Waals surface area contributed by atoms with Crippen molar-refractivity contribution in [1.82, 2.24) is 23.4 Å². The van der Waals surface area contributed by atoms with E-state index in [0.29, 0.717) is 18.9 Å². The number of hydrogen-bond donors (Lipinski definition) is 1. The van der Waals surface area contributed by atoms with E-state index in [4.69, 9.17) is 0 Å². The Bertz CT molecular complexity index is 1060. The second-order valence-corrected chi connectivity index (χ2v) is 9.67. The van der Waals surface area contributed by atoms with Crippen LogP contribution in [0.1, 0.15) is 19.4 Å². The Labute approximate surface area is 167 Å². The number of aryl methyl sites for hydroxylation is 1. The van der Waals surface area contributed by atoms with E-state index in [1.54, 1.807) is 6.20 Å². The average molecular weight is 404 g/mol. The minimum absolute atomic E-state index is 0.366. The molecule has 0 amide bonds. The molecule has 0 aliphatic heterocycles. The van der Waals surface area contributed by atoms with E-state index in [0.717, 1.165) is 34.3 Å². The molecule has 0 spiro atoms. The van der Waals surface area contributed by atoms with Crippen LogP contribution in [0.25, 0.3) is 22.2 Å². The highest BCUT2D eigenvalue weighted by atomic mass is 32.2. The largest absolute Gasteiger partial charge is 0.347 e. The fourth-order valence-corrected chi connectivity index (χ4v) is 3.99. The topological polar surface area (TPSA) is 72.2 Å². The Balaban J connectivity index is 1.94.